The smallest absolute Gasteiger partial charge is 0.185 e. The van der Waals surface area contributed by atoms with Crippen LogP contribution >= 0.6 is 0 Å². The SMILES string of the molecule is CC(=NO)C(=O)C(CN(C)C)CN(C)C. The molecular weight excluding hydrogens is 194 g/mol. The lowest BCUT2D eigenvalue weighted by Crippen LogP contribution is -2.38. The van der Waals surface area contributed by atoms with Gasteiger partial charge in [0.1, 0.15) is 5.71 Å². The third-order valence-corrected chi connectivity index (χ3v) is 2.05. The summed E-state index contributed by atoms with van der Waals surface area (Å²) in [5, 5.41) is 11.5. The number of hydrogen-bond acceptors (Lipinski definition) is 5. The Bertz CT molecular complexity index is 227. The molecular formula is C10H21N3O2. The van der Waals surface area contributed by atoms with Gasteiger partial charge >= 0.3 is 0 Å². The van der Waals surface area contributed by atoms with Crippen LogP contribution in [0.25, 0.3) is 0 Å². The first-order chi connectivity index (χ1) is 6.88. The lowest BCUT2D eigenvalue weighted by molar-refractivity contribution is -0.117. The third kappa shape index (κ3) is 5.49. The van der Waals surface area contributed by atoms with E-state index in [1.807, 2.05) is 38.0 Å². The Labute approximate surface area is 91.3 Å². The molecule has 15 heavy (non-hydrogen) atoms. The van der Waals surface area contributed by atoms with E-state index < -0.39 is 0 Å². The average Bonchev–Trinajstić information content (AvgIpc) is 2.13. The van der Waals surface area contributed by atoms with E-state index in [2.05, 4.69) is 5.16 Å². The molecule has 0 radical (unpaired) electrons. The van der Waals surface area contributed by atoms with Crippen LogP contribution in [-0.2, 0) is 4.79 Å². The Morgan fingerprint density at radius 1 is 1.20 bits per heavy atom. The van der Waals surface area contributed by atoms with Crippen LogP contribution in [0.15, 0.2) is 5.16 Å². The number of nitrogens with zero attached hydrogens (tertiary/aromatic N) is 3. The molecule has 1 N–H and O–H groups in total. The lowest BCUT2D eigenvalue weighted by atomic mass is 10.00. The Balaban J connectivity index is 4.55. The first kappa shape index (κ1) is 14.1. The highest BCUT2D eigenvalue weighted by atomic mass is 16.4. The normalized spacial score (nSPS) is 12.9. The van der Waals surface area contributed by atoms with Gasteiger partial charge in [0.2, 0.25) is 0 Å². The van der Waals surface area contributed by atoms with Gasteiger partial charge in [-0.2, -0.15) is 0 Å². The van der Waals surface area contributed by atoms with Crippen molar-refractivity contribution in [1.82, 2.24) is 9.80 Å². The van der Waals surface area contributed by atoms with E-state index in [0.29, 0.717) is 13.1 Å². The molecule has 0 bridgehead atoms. The zero-order valence-electron chi connectivity index (χ0n) is 10.2. The Kier molecular flexibility index (Phi) is 6.12. The zero-order chi connectivity index (χ0) is 12.0. The molecule has 0 spiro atoms. The van der Waals surface area contributed by atoms with Crippen molar-refractivity contribution >= 4 is 11.5 Å². The molecule has 0 aromatic rings. The van der Waals surface area contributed by atoms with Crippen molar-refractivity contribution in [3.05, 3.63) is 0 Å². The summed E-state index contributed by atoms with van der Waals surface area (Å²) in [4.78, 5) is 15.7. The van der Waals surface area contributed by atoms with Crippen molar-refractivity contribution in [3.63, 3.8) is 0 Å². The molecule has 0 aromatic carbocycles. The van der Waals surface area contributed by atoms with Gasteiger partial charge in [-0.3, -0.25) is 4.79 Å². The molecule has 0 saturated carbocycles. The van der Waals surface area contributed by atoms with Gasteiger partial charge in [-0.15, -0.1) is 0 Å². The van der Waals surface area contributed by atoms with Crippen LogP contribution < -0.4 is 0 Å². The lowest BCUT2D eigenvalue weighted by Gasteiger charge is -2.22. The number of rotatable bonds is 6. The van der Waals surface area contributed by atoms with E-state index >= 15 is 0 Å². The highest BCUT2D eigenvalue weighted by Gasteiger charge is 2.22. The fourth-order valence-corrected chi connectivity index (χ4v) is 1.45. The fraction of sp³-hybridized carbons (Fsp3) is 0.800. The number of Topliss-reactive ketones (excluding diaryl/α,β-unsaturated/α-hetero) is 1. The number of carbonyl (C=O) groups excluding carboxylic acids is 1. The summed E-state index contributed by atoms with van der Waals surface area (Å²) in [7, 11) is 7.67. The first-order valence-electron chi connectivity index (χ1n) is 4.90. The standard InChI is InChI=1S/C10H21N3O2/c1-8(11-15)10(14)9(6-12(2)3)7-13(4)5/h9,15H,6-7H2,1-5H3. The van der Waals surface area contributed by atoms with Crippen LogP contribution in [0.5, 0.6) is 0 Å². The molecule has 5 heteroatoms. The summed E-state index contributed by atoms with van der Waals surface area (Å²) >= 11 is 0. The van der Waals surface area contributed by atoms with E-state index in [-0.39, 0.29) is 17.4 Å². The molecule has 0 aliphatic heterocycles. The minimum absolute atomic E-state index is 0.0973. The third-order valence-electron chi connectivity index (χ3n) is 2.05. The van der Waals surface area contributed by atoms with Crippen molar-refractivity contribution in [2.45, 2.75) is 6.92 Å². The van der Waals surface area contributed by atoms with Gasteiger partial charge in [0.15, 0.2) is 5.78 Å². The van der Waals surface area contributed by atoms with E-state index in [0.717, 1.165) is 0 Å². The minimum Gasteiger partial charge on any atom is -0.411 e. The monoisotopic (exact) mass is 215 g/mol. The molecule has 0 aliphatic carbocycles. The second-order valence-corrected chi connectivity index (χ2v) is 4.27. The molecule has 0 atom stereocenters. The van der Waals surface area contributed by atoms with Gasteiger partial charge in [-0.25, -0.2) is 0 Å². The highest BCUT2D eigenvalue weighted by Crippen LogP contribution is 2.03. The zero-order valence-corrected chi connectivity index (χ0v) is 10.2. The molecule has 0 amide bonds. The average molecular weight is 215 g/mol. The van der Waals surface area contributed by atoms with Crippen LogP contribution in [0.2, 0.25) is 0 Å². The van der Waals surface area contributed by atoms with Crippen molar-refractivity contribution < 1.29 is 10.0 Å². The van der Waals surface area contributed by atoms with Gasteiger partial charge in [-0.1, -0.05) is 5.16 Å². The quantitative estimate of drug-likeness (QED) is 0.389. The molecule has 0 fully saturated rings. The summed E-state index contributed by atoms with van der Waals surface area (Å²) in [6.07, 6.45) is 0. The number of oxime groups is 1. The second-order valence-electron chi connectivity index (χ2n) is 4.27. The predicted octanol–water partition coefficient (Wildman–Crippen LogP) is 0.145. The minimum atomic E-state index is -0.147. The Hall–Kier alpha value is -0.940. The van der Waals surface area contributed by atoms with Gasteiger partial charge in [0, 0.05) is 19.0 Å². The first-order valence-corrected chi connectivity index (χ1v) is 4.90. The van der Waals surface area contributed by atoms with Crippen LogP contribution in [-0.4, -0.2) is 67.8 Å². The molecule has 88 valence electrons. The van der Waals surface area contributed by atoms with E-state index in [4.69, 9.17) is 5.21 Å². The van der Waals surface area contributed by atoms with Gasteiger partial charge < -0.3 is 15.0 Å². The van der Waals surface area contributed by atoms with E-state index in [1.54, 1.807) is 0 Å². The van der Waals surface area contributed by atoms with Crippen LogP contribution in [0.4, 0.5) is 0 Å². The molecule has 0 unspecified atom stereocenters. The van der Waals surface area contributed by atoms with Gasteiger partial charge in [0.25, 0.3) is 0 Å². The summed E-state index contributed by atoms with van der Waals surface area (Å²) in [5.74, 6) is -0.245. The summed E-state index contributed by atoms with van der Waals surface area (Å²) in [5.41, 5.74) is 0.170. The van der Waals surface area contributed by atoms with E-state index in [1.165, 1.54) is 6.92 Å². The van der Waals surface area contributed by atoms with Gasteiger partial charge in [-0.05, 0) is 35.1 Å². The number of hydrogen-bond donors (Lipinski definition) is 1. The van der Waals surface area contributed by atoms with Crippen LogP contribution in [0.1, 0.15) is 6.92 Å². The Morgan fingerprint density at radius 3 is 1.87 bits per heavy atom. The molecule has 0 aromatic heterocycles. The molecule has 0 aliphatic rings. The largest absolute Gasteiger partial charge is 0.411 e. The summed E-state index contributed by atoms with van der Waals surface area (Å²) < 4.78 is 0. The maximum Gasteiger partial charge on any atom is 0.185 e. The van der Waals surface area contributed by atoms with Crippen molar-refractivity contribution in [2.24, 2.45) is 11.1 Å². The van der Waals surface area contributed by atoms with Crippen molar-refractivity contribution in [1.29, 1.82) is 0 Å². The van der Waals surface area contributed by atoms with Gasteiger partial charge in [0.05, 0.1) is 0 Å². The second kappa shape index (κ2) is 6.53. The van der Waals surface area contributed by atoms with Crippen LogP contribution in [0, 0.1) is 5.92 Å². The summed E-state index contributed by atoms with van der Waals surface area (Å²) in [6, 6.07) is 0. The molecule has 5 nitrogen and oxygen atoms in total. The van der Waals surface area contributed by atoms with Crippen molar-refractivity contribution in [3.8, 4) is 0 Å². The predicted molar refractivity (Wildman–Crippen MR) is 60.5 cm³/mol. The van der Waals surface area contributed by atoms with Crippen molar-refractivity contribution in [2.75, 3.05) is 41.3 Å². The number of ketones is 1. The fourth-order valence-electron chi connectivity index (χ4n) is 1.45. The number of carbonyl (C=O) groups is 1. The topological polar surface area (TPSA) is 56.1 Å². The Morgan fingerprint density at radius 2 is 1.60 bits per heavy atom. The molecule has 0 saturated heterocycles. The molecule has 0 rings (SSSR count). The summed E-state index contributed by atoms with van der Waals surface area (Å²) in [6.45, 7) is 2.84. The van der Waals surface area contributed by atoms with E-state index in [9.17, 15) is 4.79 Å². The molecule has 0 heterocycles. The highest BCUT2D eigenvalue weighted by molar-refractivity contribution is 6.39. The maximum atomic E-state index is 11.8. The maximum absolute atomic E-state index is 11.8. The van der Waals surface area contributed by atoms with Crippen LogP contribution in [0.3, 0.4) is 0 Å².